The standard InChI is InChI=1S/C25H27N3O5.C24H28N2O5.C18H17BrO4/c1-16(29)28-8-6-27(7-9-28)10-11-32-19-3-2-17-14-23-21(13-18(17)12-19)22(15-33-23)20-4-5-24(30)26-25(20)31;1-3-29-24(28)15-20-16-31-23-14-18-4-5-21(12-19(18)13-22(20)23)30-11-10-25-6-8-26(9-7-25)17(2)27;1-2-21-18(20)10-14-11-23-17-9-12-3-4-15(22-6-5-19)7-13(12)8-16(14)17/h2-3,12-15,20H,4-11H2,1H3,(H,26,30,31);4-5,12-14,16H,3,6-11,15H2,1-2H3;3-4,7-9,11H,2,5-6,10H2,1H3. The Labute approximate surface area is 511 Å². The van der Waals surface area contributed by atoms with Crippen LogP contribution < -0.4 is 19.5 Å². The van der Waals surface area contributed by atoms with E-state index in [-0.39, 0.29) is 54.3 Å². The second kappa shape index (κ2) is 28.8. The highest BCUT2D eigenvalue weighted by molar-refractivity contribution is 9.09. The van der Waals surface area contributed by atoms with Crippen molar-refractivity contribution in [2.24, 2.45) is 0 Å². The van der Waals surface area contributed by atoms with Crippen molar-refractivity contribution in [2.45, 2.75) is 59.3 Å². The Morgan fingerprint density at radius 1 is 0.529 bits per heavy atom. The number of benzene rings is 6. The van der Waals surface area contributed by atoms with Crippen molar-refractivity contribution in [1.29, 1.82) is 0 Å². The molecule has 456 valence electrons. The molecule has 3 aliphatic rings. The van der Waals surface area contributed by atoms with E-state index in [2.05, 4.69) is 31.0 Å². The van der Waals surface area contributed by atoms with Gasteiger partial charge < -0.3 is 46.7 Å². The summed E-state index contributed by atoms with van der Waals surface area (Å²) >= 11 is 3.35. The fourth-order valence-electron chi connectivity index (χ4n) is 11.2. The van der Waals surface area contributed by atoms with Crippen molar-refractivity contribution in [2.75, 3.05) is 104 Å². The van der Waals surface area contributed by atoms with Gasteiger partial charge in [0.05, 0.1) is 57.4 Å². The first-order chi connectivity index (χ1) is 42.2. The van der Waals surface area contributed by atoms with Gasteiger partial charge in [0, 0.05) is 124 Å². The van der Waals surface area contributed by atoms with Crippen LogP contribution in [0.4, 0.5) is 0 Å². The van der Waals surface area contributed by atoms with Gasteiger partial charge in [-0.25, -0.2) is 0 Å². The van der Waals surface area contributed by atoms with Crippen molar-refractivity contribution in [3.8, 4) is 17.2 Å². The van der Waals surface area contributed by atoms with Crippen LogP contribution in [-0.2, 0) is 51.1 Å². The van der Waals surface area contributed by atoms with Gasteiger partial charge in [0.25, 0.3) is 0 Å². The topological polar surface area (TPSA) is 213 Å². The molecular weight excluding hydrogens is 1180 g/mol. The molecule has 1 N–H and O–H groups in total. The van der Waals surface area contributed by atoms with E-state index < -0.39 is 0 Å². The first-order valence-corrected chi connectivity index (χ1v) is 30.7. The normalized spacial score (nSPS) is 15.7. The third kappa shape index (κ3) is 15.6. The number of rotatable bonds is 18. The van der Waals surface area contributed by atoms with Gasteiger partial charge >= 0.3 is 11.9 Å². The van der Waals surface area contributed by atoms with Crippen LogP contribution in [0.15, 0.2) is 123 Å². The molecule has 0 aliphatic carbocycles. The monoisotopic (exact) mass is 1250 g/mol. The largest absolute Gasteiger partial charge is 0.493 e. The molecule has 1 unspecified atom stereocenters. The fourth-order valence-corrected chi connectivity index (χ4v) is 11.4. The van der Waals surface area contributed by atoms with Crippen molar-refractivity contribution >= 4 is 117 Å². The second-order valence-electron chi connectivity index (χ2n) is 21.7. The lowest BCUT2D eigenvalue weighted by Crippen LogP contribution is -2.48. The van der Waals surface area contributed by atoms with Gasteiger partial charge in [-0.1, -0.05) is 34.1 Å². The zero-order valence-corrected chi connectivity index (χ0v) is 51.1. The molecule has 4 amide bonds. The van der Waals surface area contributed by atoms with E-state index in [4.69, 9.17) is 36.9 Å². The third-order valence-electron chi connectivity index (χ3n) is 15.9. The molecular formula is C67H72BrN5O14. The predicted octanol–water partition coefficient (Wildman–Crippen LogP) is 10.3. The van der Waals surface area contributed by atoms with Crippen LogP contribution in [0, 0.1) is 0 Å². The highest BCUT2D eigenvalue weighted by Crippen LogP contribution is 2.36. The van der Waals surface area contributed by atoms with E-state index in [9.17, 15) is 28.8 Å². The summed E-state index contributed by atoms with van der Waals surface area (Å²) in [5.41, 5.74) is 4.73. The van der Waals surface area contributed by atoms with Crippen molar-refractivity contribution in [3.63, 3.8) is 0 Å². The summed E-state index contributed by atoms with van der Waals surface area (Å²) in [6, 6.07) is 29.9. The van der Waals surface area contributed by atoms with Gasteiger partial charge in [-0.15, -0.1) is 0 Å². The minimum atomic E-state index is -0.385. The molecule has 9 aromatic rings. The number of fused-ring (bicyclic) bond motifs is 6. The number of nitrogens with one attached hydrogen (secondary N) is 1. The van der Waals surface area contributed by atoms with Gasteiger partial charge in [0.1, 0.15) is 47.2 Å². The number of piperazine rings is 2. The number of imide groups is 1. The van der Waals surface area contributed by atoms with Gasteiger partial charge in [0.15, 0.2) is 0 Å². The average Bonchev–Trinajstić information content (AvgIpc) is 2.35. The molecule has 12 rings (SSSR count). The quantitative estimate of drug-likeness (QED) is 0.0481. The SMILES string of the molecule is CC(=O)N1CCN(CCOc2ccc3cc4occ(C5CCC(=O)NC5=O)c4cc3c2)CC1.CCOC(=O)Cc1coc2cc3ccc(OCCBr)cc3cc12.CCOC(=O)Cc1coc2cc3ccc(OCCN4CCN(C(C)=O)CC4)cc3cc12. The molecule has 0 saturated carbocycles. The Balaban J connectivity index is 0.000000147. The van der Waals surface area contributed by atoms with Gasteiger partial charge in [-0.05, 0) is 125 Å². The number of carbonyl (C=O) groups is 6. The summed E-state index contributed by atoms with van der Waals surface area (Å²) < 4.78 is 44.7. The Morgan fingerprint density at radius 3 is 1.36 bits per heavy atom. The number of amides is 4. The minimum Gasteiger partial charge on any atom is -0.493 e. The number of esters is 2. The fraction of sp³-hybridized carbons (Fsp3) is 0.373. The molecule has 0 spiro atoms. The Bertz CT molecular complexity index is 3950. The Kier molecular flexibility index (Phi) is 20.4. The summed E-state index contributed by atoms with van der Waals surface area (Å²) in [5.74, 6) is 1.32. The van der Waals surface area contributed by atoms with Crippen LogP contribution in [0.2, 0.25) is 0 Å². The first-order valence-electron chi connectivity index (χ1n) is 29.6. The van der Waals surface area contributed by atoms with Crippen molar-refractivity contribution in [3.05, 3.63) is 126 Å². The van der Waals surface area contributed by atoms with Crippen LogP contribution in [0.5, 0.6) is 17.2 Å². The number of carbonyl (C=O) groups excluding carboxylic acids is 6. The second-order valence-corrected chi connectivity index (χ2v) is 22.5. The molecule has 6 heterocycles. The molecule has 3 saturated heterocycles. The van der Waals surface area contributed by atoms with Crippen molar-refractivity contribution in [1.82, 2.24) is 24.9 Å². The van der Waals surface area contributed by atoms with E-state index in [1.807, 2.05) is 101 Å². The Hall–Kier alpha value is -8.46. The molecule has 0 bridgehead atoms. The number of hydrogen-bond donors (Lipinski definition) is 1. The molecule has 19 nitrogen and oxygen atoms in total. The van der Waals surface area contributed by atoms with E-state index in [0.717, 1.165) is 170 Å². The van der Waals surface area contributed by atoms with Gasteiger partial charge in [-0.3, -0.25) is 43.9 Å². The van der Waals surface area contributed by atoms with Gasteiger partial charge in [0.2, 0.25) is 23.6 Å². The maximum Gasteiger partial charge on any atom is 0.310 e. The smallest absolute Gasteiger partial charge is 0.310 e. The summed E-state index contributed by atoms with van der Waals surface area (Å²) in [6.07, 6.45) is 6.12. The summed E-state index contributed by atoms with van der Waals surface area (Å²) in [6.45, 7) is 17.6. The molecule has 3 aromatic heterocycles. The van der Waals surface area contributed by atoms with E-state index in [1.165, 1.54) is 0 Å². The first kappa shape index (κ1) is 61.6. The van der Waals surface area contributed by atoms with Crippen LogP contribution in [0.3, 0.4) is 0 Å². The zero-order chi connectivity index (χ0) is 61.0. The number of nitrogens with zero attached hydrogens (tertiary/aromatic N) is 4. The lowest BCUT2D eigenvalue weighted by Gasteiger charge is -2.34. The number of alkyl halides is 1. The van der Waals surface area contributed by atoms with Crippen LogP contribution in [-0.4, -0.2) is 159 Å². The maximum atomic E-state index is 12.3. The maximum absolute atomic E-state index is 12.3. The molecule has 6 aromatic carbocycles. The molecule has 1 atom stereocenters. The zero-order valence-electron chi connectivity index (χ0n) is 49.5. The van der Waals surface area contributed by atoms with E-state index >= 15 is 0 Å². The summed E-state index contributed by atoms with van der Waals surface area (Å²) in [7, 11) is 0. The molecule has 3 fully saturated rings. The number of halogens is 1. The average molecular weight is 1250 g/mol. The molecule has 3 aliphatic heterocycles. The van der Waals surface area contributed by atoms with E-state index in [0.29, 0.717) is 45.9 Å². The summed E-state index contributed by atoms with van der Waals surface area (Å²) in [5, 5.41) is 12.2. The lowest BCUT2D eigenvalue weighted by atomic mass is 9.90. The summed E-state index contributed by atoms with van der Waals surface area (Å²) in [4.78, 5) is 78.7. The number of ether oxygens (including phenoxy) is 5. The lowest BCUT2D eigenvalue weighted by molar-refractivity contribution is -0.143. The number of piperidine rings is 1. The Morgan fingerprint density at radius 2 is 0.943 bits per heavy atom. The van der Waals surface area contributed by atoms with Gasteiger partial charge in [-0.2, -0.15) is 0 Å². The molecule has 20 heteroatoms. The number of hydrogen-bond acceptors (Lipinski definition) is 16. The van der Waals surface area contributed by atoms with Crippen LogP contribution in [0.1, 0.15) is 63.1 Å². The highest BCUT2D eigenvalue weighted by atomic mass is 79.9. The van der Waals surface area contributed by atoms with Crippen LogP contribution in [0.25, 0.3) is 65.2 Å². The number of furan rings is 3. The third-order valence-corrected chi connectivity index (χ3v) is 16.3. The molecule has 87 heavy (non-hydrogen) atoms. The highest BCUT2D eigenvalue weighted by Gasteiger charge is 2.31. The minimum absolute atomic E-state index is 0.134. The van der Waals surface area contributed by atoms with E-state index in [1.54, 1.807) is 46.5 Å². The molecule has 0 radical (unpaired) electrons. The van der Waals surface area contributed by atoms with Crippen LogP contribution >= 0.6 is 15.9 Å². The predicted molar refractivity (Wildman–Crippen MR) is 335 cm³/mol. The van der Waals surface area contributed by atoms with Crippen molar-refractivity contribution < 1.29 is 65.7 Å².